The third kappa shape index (κ3) is 2.56. The van der Waals surface area contributed by atoms with Gasteiger partial charge in [-0.25, -0.2) is 0 Å². The quantitative estimate of drug-likeness (QED) is 0.564. The molecular weight excluding hydrogens is 313 g/mol. The first-order valence-electron chi connectivity index (χ1n) is 2.03. The molecule has 1 aromatic rings. The molecule has 0 aliphatic rings. The van der Waals surface area contributed by atoms with Crippen LogP contribution >= 0.6 is 12.2 Å². The summed E-state index contributed by atoms with van der Waals surface area (Å²) in [5.41, 5.74) is 0. The van der Waals surface area contributed by atoms with E-state index in [1.807, 2.05) is 24.4 Å². The van der Waals surface area contributed by atoms with Gasteiger partial charge in [-0.15, -0.1) is 0 Å². The topological polar surface area (TPSA) is 15.8 Å². The van der Waals surface area contributed by atoms with Crippen molar-refractivity contribution in [3.05, 3.63) is 29.0 Å². The van der Waals surface area contributed by atoms with Gasteiger partial charge in [-0.3, -0.25) is 0 Å². The average Bonchev–Trinajstić information content (AvgIpc) is 1.69. The minimum atomic E-state index is 0. The normalized spacial score (nSPS) is 7.50. The van der Waals surface area contributed by atoms with Crippen molar-refractivity contribution in [2.24, 2.45) is 0 Å². The van der Waals surface area contributed by atoms with Crippen LogP contribution in [0.25, 0.3) is 0 Å². The number of H-pyrrole nitrogens is 1. The average molecular weight is 318 g/mol. The Labute approximate surface area is 73.3 Å². The Morgan fingerprint density at radius 3 is 2.38 bits per heavy atom. The third-order valence-corrected chi connectivity index (χ3v) is 0.934. The van der Waals surface area contributed by atoms with E-state index in [0.717, 1.165) is 4.64 Å². The molecule has 1 heterocycles. The molecule has 0 amide bonds. The third-order valence-electron chi connectivity index (χ3n) is 0.681. The van der Waals surface area contributed by atoms with E-state index in [4.69, 9.17) is 12.2 Å². The minimum Gasteiger partial charge on any atom is -0.353 e. The van der Waals surface area contributed by atoms with Gasteiger partial charge in [0.15, 0.2) is 0 Å². The number of hydrogen-bond acceptors (Lipinski definition) is 1. The number of aromatic amines is 1. The van der Waals surface area contributed by atoms with Crippen LogP contribution in [0.2, 0.25) is 0 Å². The number of aromatic nitrogens is 1. The summed E-state index contributed by atoms with van der Waals surface area (Å²) in [4.78, 5) is 2.85. The summed E-state index contributed by atoms with van der Waals surface area (Å²) >= 11 is 4.76. The van der Waals surface area contributed by atoms with Crippen LogP contribution in [0.4, 0.5) is 0 Å². The molecule has 0 saturated carbocycles. The van der Waals surface area contributed by atoms with E-state index in [-0.39, 0.29) is 27.3 Å². The van der Waals surface area contributed by atoms with Gasteiger partial charge in [-0.2, -0.15) is 0 Å². The molecule has 0 unspecified atom stereocenters. The summed E-state index contributed by atoms with van der Waals surface area (Å²) in [6, 6.07) is 5.64. The van der Waals surface area contributed by atoms with Crippen LogP contribution in [0.1, 0.15) is 0 Å². The van der Waals surface area contributed by atoms with E-state index in [1.54, 1.807) is 0 Å². The Morgan fingerprint density at radius 2 is 2.12 bits per heavy atom. The maximum Gasteiger partial charge on any atom is 0.103 e. The van der Waals surface area contributed by atoms with E-state index in [9.17, 15) is 0 Å². The predicted octanol–water partition coefficient (Wildman–Crippen LogP) is 1.36. The van der Waals surface area contributed by atoms with Gasteiger partial charge in [-0.1, -0.05) is 18.3 Å². The van der Waals surface area contributed by atoms with E-state index in [2.05, 4.69) is 4.98 Å². The van der Waals surface area contributed by atoms with Crippen molar-refractivity contribution in [1.82, 2.24) is 4.98 Å². The number of nitrogens with one attached hydrogen (secondary N) is 1. The summed E-state index contributed by atoms with van der Waals surface area (Å²) in [6.45, 7) is 0. The largest absolute Gasteiger partial charge is 0.353 e. The molecule has 1 nitrogen and oxygen atoms in total. The molecule has 0 aliphatic carbocycles. The molecule has 1 N–H and O–H groups in total. The minimum absolute atomic E-state index is 0. The van der Waals surface area contributed by atoms with E-state index in [0.29, 0.717) is 0 Å². The van der Waals surface area contributed by atoms with Crippen molar-refractivity contribution < 1.29 is 0 Å². The fourth-order valence-electron chi connectivity index (χ4n) is 0.377. The Balaban J connectivity index is 0.000000490. The van der Waals surface area contributed by atoms with Gasteiger partial charge in [0.2, 0.25) is 0 Å². The molecule has 1 rings (SSSR count). The molecule has 0 aromatic carbocycles. The smallest absolute Gasteiger partial charge is 0.103 e. The van der Waals surface area contributed by atoms with Gasteiger partial charge in [0, 0.05) is 33.5 Å². The van der Waals surface area contributed by atoms with Crippen LogP contribution in [-0.2, 0) is 0 Å². The van der Waals surface area contributed by atoms with Crippen LogP contribution in [0.3, 0.4) is 0 Å². The SMILES string of the molecule is S=c1cccc[nH]1.[Pb]. The van der Waals surface area contributed by atoms with Crippen LogP contribution in [0.5, 0.6) is 0 Å². The molecule has 0 saturated heterocycles. The van der Waals surface area contributed by atoms with Crippen LogP contribution in [0, 0.1) is 4.64 Å². The molecule has 4 radical (unpaired) electrons. The van der Waals surface area contributed by atoms with Gasteiger partial charge in [0.05, 0.1) is 0 Å². The maximum absolute atomic E-state index is 4.76. The molecule has 8 heavy (non-hydrogen) atoms. The first kappa shape index (κ1) is 8.29. The zero-order valence-corrected chi connectivity index (χ0v) is 8.92. The number of pyridine rings is 1. The van der Waals surface area contributed by atoms with Crippen LogP contribution in [-0.4, -0.2) is 32.3 Å². The summed E-state index contributed by atoms with van der Waals surface area (Å²) in [5.74, 6) is 0. The van der Waals surface area contributed by atoms with Crippen molar-refractivity contribution in [1.29, 1.82) is 0 Å². The first-order chi connectivity index (χ1) is 3.39. The van der Waals surface area contributed by atoms with E-state index in [1.165, 1.54) is 0 Å². The van der Waals surface area contributed by atoms with Crippen molar-refractivity contribution in [2.45, 2.75) is 0 Å². The fourth-order valence-corrected chi connectivity index (χ4v) is 0.523. The van der Waals surface area contributed by atoms with Crippen molar-refractivity contribution in [3.8, 4) is 0 Å². The molecule has 0 aliphatic heterocycles. The summed E-state index contributed by atoms with van der Waals surface area (Å²) in [7, 11) is 0. The van der Waals surface area contributed by atoms with Gasteiger partial charge >= 0.3 is 0 Å². The Hall–Kier alpha value is 0.292. The summed E-state index contributed by atoms with van der Waals surface area (Å²) in [5, 5.41) is 0. The Bertz CT molecular complexity index is 178. The predicted molar refractivity (Wildman–Crippen MR) is 37.4 cm³/mol. The first-order valence-corrected chi connectivity index (χ1v) is 2.44. The zero-order chi connectivity index (χ0) is 5.11. The molecular formula is C5H5NPbS. The Kier molecular flexibility index (Phi) is 4.35. The zero-order valence-electron chi connectivity index (χ0n) is 4.22. The van der Waals surface area contributed by atoms with E-state index < -0.39 is 0 Å². The second-order valence-corrected chi connectivity index (χ2v) is 1.67. The molecule has 1 aromatic heterocycles. The van der Waals surface area contributed by atoms with Gasteiger partial charge in [-0.05, 0) is 12.1 Å². The van der Waals surface area contributed by atoms with Crippen molar-refractivity contribution in [2.75, 3.05) is 0 Å². The van der Waals surface area contributed by atoms with Crippen molar-refractivity contribution >= 4 is 39.5 Å². The standard InChI is InChI=1S/C5H5NS.Pb/c7-5-3-1-2-4-6-5;/h1-4H,(H,6,7);. The molecule has 0 atom stereocenters. The second-order valence-electron chi connectivity index (χ2n) is 1.23. The maximum atomic E-state index is 4.76. The molecule has 0 spiro atoms. The van der Waals surface area contributed by atoms with Gasteiger partial charge in [0.25, 0.3) is 0 Å². The Morgan fingerprint density at radius 1 is 1.38 bits per heavy atom. The molecule has 0 fully saturated rings. The van der Waals surface area contributed by atoms with Crippen molar-refractivity contribution in [3.63, 3.8) is 0 Å². The van der Waals surface area contributed by atoms with Crippen LogP contribution < -0.4 is 0 Å². The second kappa shape index (κ2) is 4.20. The molecule has 3 heteroatoms. The van der Waals surface area contributed by atoms with Gasteiger partial charge < -0.3 is 4.98 Å². The van der Waals surface area contributed by atoms with E-state index >= 15 is 0 Å². The molecule has 40 valence electrons. The molecule has 0 bridgehead atoms. The van der Waals surface area contributed by atoms with Crippen LogP contribution in [0.15, 0.2) is 24.4 Å². The number of hydrogen-bond donors (Lipinski definition) is 1. The fraction of sp³-hybridized carbons (Fsp3) is 0. The van der Waals surface area contributed by atoms with Gasteiger partial charge in [0.1, 0.15) is 4.64 Å². The summed E-state index contributed by atoms with van der Waals surface area (Å²) in [6.07, 6.45) is 1.81. The monoisotopic (exact) mass is 319 g/mol. The summed E-state index contributed by atoms with van der Waals surface area (Å²) < 4.78 is 0.780. The number of rotatable bonds is 0.